The van der Waals surface area contributed by atoms with E-state index in [4.69, 9.17) is 5.11 Å². The molecule has 0 aromatic rings. The summed E-state index contributed by atoms with van der Waals surface area (Å²) in [6.07, 6.45) is 2.29. The highest BCUT2D eigenvalue weighted by molar-refractivity contribution is 5.85. The summed E-state index contributed by atoms with van der Waals surface area (Å²) in [6.45, 7) is 0. The molecule has 10 heavy (non-hydrogen) atoms. The zero-order valence-corrected chi connectivity index (χ0v) is 6.70. The summed E-state index contributed by atoms with van der Waals surface area (Å²) in [5.74, 6) is -0.707. The molecule has 0 heterocycles. The Morgan fingerprint density at radius 1 is 1.70 bits per heavy atom. The third kappa shape index (κ3) is 2.15. The molecule has 1 saturated carbocycles. The lowest BCUT2D eigenvalue weighted by Gasteiger charge is -2.08. The molecule has 0 saturated heterocycles. The standard InChI is InChI=1S/C6H11NO2.ClH/c1-7-6(2-3-6)4-5(8)9;/h7H,2-4H2,1H3,(H,8,9);1H. The van der Waals surface area contributed by atoms with Crippen molar-refractivity contribution < 1.29 is 9.90 Å². The van der Waals surface area contributed by atoms with Crippen LogP contribution < -0.4 is 5.32 Å². The molecule has 1 fully saturated rings. The molecule has 0 aromatic carbocycles. The van der Waals surface area contributed by atoms with Crippen LogP contribution in [-0.2, 0) is 4.79 Å². The molecule has 0 amide bonds. The normalized spacial score (nSPS) is 19.3. The molecule has 60 valence electrons. The summed E-state index contributed by atoms with van der Waals surface area (Å²) in [7, 11) is 1.82. The number of hydrogen-bond acceptors (Lipinski definition) is 2. The zero-order chi connectivity index (χ0) is 6.91. The lowest BCUT2D eigenvalue weighted by molar-refractivity contribution is -0.137. The number of carboxylic acids is 1. The van der Waals surface area contributed by atoms with Gasteiger partial charge in [0.15, 0.2) is 0 Å². The Bertz CT molecular complexity index is 134. The molecular formula is C6H12ClNO2. The highest BCUT2D eigenvalue weighted by Crippen LogP contribution is 2.37. The van der Waals surface area contributed by atoms with Crippen molar-refractivity contribution >= 4 is 18.4 Å². The van der Waals surface area contributed by atoms with Crippen molar-refractivity contribution in [1.29, 1.82) is 0 Å². The number of hydrogen-bond donors (Lipinski definition) is 2. The van der Waals surface area contributed by atoms with Gasteiger partial charge in [-0.25, -0.2) is 0 Å². The van der Waals surface area contributed by atoms with Crippen LogP contribution in [0.2, 0.25) is 0 Å². The molecule has 2 N–H and O–H groups in total. The van der Waals surface area contributed by atoms with E-state index < -0.39 is 5.97 Å². The van der Waals surface area contributed by atoms with Crippen LogP contribution in [0.15, 0.2) is 0 Å². The molecule has 0 radical (unpaired) electrons. The van der Waals surface area contributed by atoms with E-state index in [-0.39, 0.29) is 24.4 Å². The largest absolute Gasteiger partial charge is 0.481 e. The summed E-state index contributed by atoms with van der Waals surface area (Å²) >= 11 is 0. The van der Waals surface area contributed by atoms with Gasteiger partial charge in [0, 0.05) is 5.54 Å². The van der Waals surface area contributed by atoms with E-state index in [1.165, 1.54) is 0 Å². The molecule has 0 aromatic heterocycles. The number of aliphatic carboxylic acids is 1. The van der Waals surface area contributed by atoms with E-state index in [9.17, 15) is 4.79 Å². The summed E-state index contributed by atoms with van der Waals surface area (Å²) in [5, 5.41) is 11.4. The minimum Gasteiger partial charge on any atom is -0.481 e. The van der Waals surface area contributed by atoms with Gasteiger partial charge in [0.2, 0.25) is 0 Å². The van der Waals surface area contributed by atoms with Gasteiger partial charge in [0.05, 0.1) is 6.42 Å². The van der Waals surface area contributed by atoms with Crippen LogP contribution >= 0.6 is 12.4 Å². The van der Waals surface area contributed by atoms with Crippen LogP contribution in [0.5, 0.6) is 0 Å². The first kappa shape index (κ1) is 9.72. The third-order valence-electron chi connectivity index (χ3n) is 1.87. The molecule has 0 unspecified atom stereocenters. The van der Waals surface area contributed by atoms with Gasteiger partial charge < -0.3 is 10.4 Å². The van der Waals surface area contributed by atoms with Gasteiger partial charge in [0.25, 0.3) is 0 Å². The number of nitrogens with one attached hydrogen (secondary N) is 1. The smallest absolute Gasteiger partial charge is 0.305 e. The van der Waals surface area contributed by atoms with E-state index in [2.05, 4.69) is 5.32 Å². The molecule has 3 nitrogen and oxygen atoms in total. The van der Waals surface area contributed by atoms with Crippen LogP contribution in [0.1, 0.15) is 19.3 Å². The predicted octanol–water partition coefficient (Wildman–Crippen LogP) is 0.635. The maximum absolute atomic E-state index is 10.2. The quantitative estimate of drug-likeness (QED) is 0.645. The lowest BCUT2D eigenvalue weighted by atomic mass is 10.2. The van der Waals surface area contributed by atoms with Crippen molar-refractivity contribution in [3.63, 3.8) is 0 Å². The second-order valence-electron chi connectivity index (χ2n) is 2.60. The van der Waals surface area contributed by atoms with Crippen molar-refractivity contribution in [2.45, 2.75) is 24.8 Å². The Hall–Kier alpha value is -0.280. The van der Waals surface area contributed by atoms with E-state index >= 15 is 0 Å². The molecular weight excluding hydrogens is 154 g/mol. The molecule has 0 atom stereocenters. The van der Waals surface area contributed by atoms with Crippen LogP contribution in [0.25, 0.3) is 0 Å². The maximum atomic E-state index is 10.2. The number of carboxylic acid groups (broad SMARTS) is 1. The Kier molecular flexibility index (Phi) is 3.12. The minimum absolute atomic E-state index is 0. The topological polar surface area (TPSA) is 49.3 Å². The monoisotopic (exact) mass is 165 g/mol. The number of halogens is 1. The minimum atomic E-state index is -0.707. The average molecular weight is 166 g/mol. The summed E-state index contributed by atoms with van der Waals surface area (Å²) in [5.41, 5.74) is -0.0359. The SMILES string of the molecule is CNC1(CC(=O)O)CC1.Cl. The number of rotatable bonds is 3. The average Bonchev–Trinajstić information content (AvgIpc) is 2.48. The molecule has 1 aliphatic rings. The van der Waals surface area contributed by atoms with E-state index in [0.717, 1.165) is 12.8 Å². The van der Waals surface area contributed by atoms with Gasteiger partial charge in [-0.05, 0) is 19.9 Å². The fourth-order valence-corrected chi connectivity index (χ4v) is 0.956. The summed E-state index contributed by atoms with van der Waals surface area (Å²) in [4.78, 5) is 10.2. The van der Waals surface area contributed by atoms with Crippen molar-refractivity contribution in [2.24, 2.45) is 0 Å². The second kappa shape index (κ2) is 3.21. The molecule has 0 aliphatic heterocycles. The Labute approximate surface area is 66.2 Å². The van der Waals surface area contributed by atoms with Crippen molar-refractivity contribution in [1.82, 2.24) is 5.32 Å². The fourth-order valence-electron chi connectivity index (χ4n) is 0.956. The third-order valence-corrected chi connectivity index (χ3v) is 1.87. The van der Waals surface area contributed by atoms with Crippen LogP contribution in [-0.4, -0.2) is 23.7 Å². The first-order chi connectivity index (χ1) is 4.18. The molecule has 1 rings (SSSR count). The Morgan fingerprint density at radius 2 is 2.20 bits per heavy atom. The van der Waals surface area contributed by atoms with Crippen molar-refractivity contribution in [2.75, 3.05) is 7.05 Å². The van der Waals surface area contributed by atoms with Crippen LogP contribution in [0.3, 0.4) is 0 Å². The highest BCUT2D eigenvalue weighted by Gasteiger charge is 2.42. The first-order valence-electron chi connectivity index (χ1n) is 3.09. The molecule has 1 aliphatic carbocycles. The fraction of sp³-hybridized carbons (Fsp3) is 0.833. The van der Waals surface area contributed by atoms with Gasteiger partial charge in [-0.15, -0.1) is 12.4 Å². The van der Waals surface area contributed by atoms with Crippen molar-refractivity contribution in [3.05, 3.63) is 0 Å². The Morgan fingerprint density at radius 3 is 2.30 bits per heavy atom. The van der Waals surface area contributed by atoms with Gasteiger partial charge >= 0.3 is 5.97 Å². The highest BCUT2D eigenvalue weighted by atomic mass is 35.5. The molecule has 0 spiro atoms. The molecule has 0 bridgehead atoms. The van der Waals surface area contributed by atoms with E-state index in [1.54, 1.807) is 0 Å². The summed E-state index contributed by atoms with van der Waals surface area (Å²) < 4.78 is 0. The maximum Gasteiger partial charge on any atom is 0.305 e. The first-order valence-corrected chi connectivity index (χ1v) is 3.09. The zero-order valence-electron chi connectivity index (χ0n) is 5.89. The van der Waals surface area contributed by atoms with Gasteiger partial charge in [-0.1, -0.05) is 0 Å². The van der Waals surface area contributed by atoms with Crippen LogP contribution in [0.4, 0.5) is 0 Å². The summed E-state index contributed by atoms with van der Waals surface area (Å²) in [6, 6.07) is 0. The van der Waals surface area contributed by atoms with E-state index in [0.29, 0.717) is 0 Å². The van der Waals surface area contributed by atoms with E-state index in [1.807, 2.05) is 7.05 Å². The Balaban J connectivity index is 0.000000810. The van der Waals surface area contributed by atoms with Gasteiger partial charge in [0.1, 0.15) is 0 Å². The van der Waals surface area contributed by atoms with Crippen LogP contribution in [0, 0.1) is 0 Å². The lowest BCUT2D eigenvalue weighted by Crippen LogP contribution is -2.29. The number of carbonyl (C=O) groups is 1. The van der Waals surface area contributed by atoms with Gasteiger partial charge in [-0.2, -0.15) is 0 Å². The molecule has 4 heteroatoms. The van der Waals surface area contributed by atoms with Crippen molar-refractivity contribution in [3.8, 4) is 0 Å². The predicted molar refractivity (Wildman–Crippen MR) is 40.5 cm³/mol. The van der Waals surface area contributed by atoms with Gasteiger partial charge in [-0.3, -0.25) is 4.79 Å². The second-order valence-corrected chi connectivity index (χ2v) is 2.60.